The average Bonchev–Trinajstić information content (AvgIpc) is 3.11. The number of carbonyl (C=O) groups is 2. The van der Waals surface area contributed by atoms with E-state index in [1.165, 1.54) is 0 Å². The van der Waals surface area contributed by atoms with Crippen molar-refractivity contribution in [3.05, 3.63) is 0 Å². The molecule has 0 spiro atoms. The molecule has 2 atom stereocenters. The third-order valence-corrected chi connectivity index (χ3v) is 4.76. The van der Waals surface area contributed by atoms with Crippen LogP contribution in [0.3, 0.4) is 0 Å². The summed E-state index contributed by atoms with van der Waals surface area (Å²) in [4.78, 5) is 28.1. The number of hydrogen-bond donors (Lipinski definition) is 1. The van der Waals surface area contributed by atoms with Crippen molar-refractivity contribution in [3.8, 4) is 0 Å². The lowest BCUT2D eigenvalue weighted by atomic mass is 10.0. The molecule has 2 amide bonds. The van der Waals surface area contributed by atoms with Crippen LogP contribution in [0.15, 0.2) is 0 Å². The van der Waals surface area contributed by atoms with E-state index in [0.717, 1.165) is 45.2 Å². The van der Waals surface area contributed by atoms with Gasteiger partial charge in [-0.3, -0.25) is 14.5 Å². The zero-order valence-corrected chi connectivity index (χ0v) is 13.8. The number of nitrogens with one attached hydrogen (secondary N) is 1. The standard InChI is InChI=1S/C16H29N3O3/c1-13(20)19-10-4-7-15(19)14-6-3-9-18(14)12-16(21)17-8-5-11-22-2/h14-15H,3-12H2,1-2H3,(H,17,21)/t14-,15-/m0/s1. The van der Waals surface area contributed by atoms with Gasteiger partial charge < -0.3 is 15.0 Å². The van der Waals surface area contributed by atoms with E-state index in [0.29, 0.717) is 31.8 Å². The minimum Gasteiger partial charge on any atom is -0.385 e. The first-order valence-electron chi connectivity index (χ1n) is 8.40. The van der Waals surface area contributed by atoms with Gasteiger partial charge in [0.15, 0.2) is 0 Å². The van der Waals surface area contributed by atoms with Crippen molar-refractivity contribution in [3.63, 3.8) is 0 Å². The van der Waals surface area contributed by atoms with Crippen molar-refractivity contribution in [2.45, 2.75) is 51.1 Å². The summed E-state index contributed by atoms with van der Waals surface area (Å²) in [5, 5.41) is 2.95. The molecule has 0 bridgehead atoms. The van der Waals surface area contributed by atoms with Crippen molar-refractivity contribution in [1.29, 1.82) is 0 Å². The molecule has 2 saturated heterocycles. The Morgan fingerprint density at radius 1 is 1.18 bits per heavy atom. The van der Waals surface area contributed by atoms with E-state index in [9.17, 15) is 9.59 Å². The molecule has 2 aliphatic rings. The predicted octanol–water partition coefficient (Wildman–Crippen LogP) is 0.614. The fourth-order valence-electron chi connectivity index (χ4n) is 3.75. The molecule has 1 N–H and O–H groups in total. The third kappa shape index (κ3) is 4.43. The molecule has 0 aromatic carbocycles. The highest BCUT2D eigenvalue weighted by Crippen LogP contribution is 2.29. The summed E-state index contributed by atoms with van der Waals surface area (Å²) in [5.41, 5.74) is 0. The first-order chi connectivity index (χ1) is 10.6. The number of amides is 2. The highest BCUT2D eigenvalue weighted by Gasteiger charge is 2.39. The van der Waals surface area contributed by atoms with Crippen LogP contribution < -0.4 is 5.32 Å². The van der Waals surface area contributed by atoms with E-state index >= 15 is 0 Å². The second-order valence-electron chi connectivity index (χ2n) is 6.30. The number of methoxy groups -OCH3 is 1. The first-order valence-corrected chi connectivity index (χ1v) is 8.40. The van der Waals surface area contributed by atoms with Crippen LogP contribution in [0.2, 0.25) is 0 Å². The minimum absolute atomic E-state index is 0.0791. The molecule has 0 radical (unpaired) electrons. The molecule has 0 aromatic rings. The van der Waals surface area contributed by atoms with Crippen LogP contribution in [-0.2, 0) is 14.3 Å². The van der Waals surface area contributed by atoms with E-state index in [2.05, 4.69) is 10.2 Å². The van der Waals surface area contributed by atoms with Gasteiger partial charge in [0.05, 0.1) is 6.54 Å². The van der Waals surface area contributed by atoms with E-state index in [1.54, 1.807) is 14.0 Å². The van der Waals surface area contributed by atoms with Crippen LogP contribution in [0.5, 0.6) is 0 Å². The van der Waals surface area contributed by atoms with Gasteiger partial charge in [0.2, 0.25) is 11.8 Å². The van der Waals surface area contributed by atoms with E-state index in [1.807, 2.05) is 4.90 Å². The maximum absolute atomic E-state index is 12.1. The molecule has 2 aliphatic heterocycles. The second kappa shape index (κ2) is 8.48. The predicted molar refractivity (Wildman–Crippen MR) is 84.5 cm³/mol. The lowest BCUT2D eigenvalue weighted by Gasteiger charge is -2.34. The molecular formula is C16H29N3O3. The van der Waals surface area contributed by atoms with Crippen LogP contribution in [0.1, 0.15) is 39.0 Å². The number of rotatable bonds is 7. The number of hydrogen-bond acceptors (Lipinski definition) is 4. The molecule has 22 heavy (non-hydrogen) atoms. The Balaban J connectivity index is 1.82. The Hall–Kier alpha value is -1.14. The Bertz CT molecular complexity index is 389. The van der Waals surface area contributed by atoms with Gasteiger partial charge in [-0.15, -0.1) is 0 Å². The normalized spacial score (nSPS) is 25.6. The number of nitrogens with zero attached hydrogens (tertiary/aromatic N) is 2. The van der Waals surface area contributed by atoms with Gasteiger partial charge in [-0.25, -0.2) is 0 Å². The largest absolute Gasteiger partial charge is 0.385 e. The molecule has 0 saturated carbocycles. The minimum atomic E-state index is 0.0791. The summed E-state index contributed by atoms with van der Waals surface area (Å²) in [6.45, 7) is 5.25. The molecular weight excluding hydrogens is 282 g/mol. The Labute approximate surface area is 133 Å². The van der Waals surface area contributed by atoms with Gasteiger partial charge in [0.25, 0.3) is 0 Å². The molecule has 0 aliphatic carbocycles. The SMILES string of the molecule is COCCCNC(=O)CN1CCC[C@H]1[C@@H]1CCCN1C(C)=O. The molecule has 2 fully saturated rings. The highest BCUT2D eigenvalue weighted by molar-refractivity contribution is 5.78. The zero-order chi connectivity index (χ0) is 15.9. The molecule has 6 heteroatoms. The summed E-state index contributed by atoms with van der Waals surface area (Å²) in [5.74, 6) is 0.244. The van der Waals surface area contributed by atoms with Crippen LogP contribution in [-0.4, -0.2) is 73.6 Å². The van der Waals surface area contributed by atoms with Crippen molar-refractivity contribution in [1.82, 2.24) is 15.1 Å². The number of likely N-dealkylation sites (tertiary alicyclic amines) is 2. The Morgan fingerprint density at radius 3 is 2.64 bits per heavy atom. The Morgan fingerprint density at radius 2 is 1.91 bits per heavy atom. The van der Waals surface area contributed by atoms with Gasteiger partial charge >= 0.3 is 0 Å². The molecule has 6 nitrogen and oxygen atoms in total. The highest BCUT2D eigenvalue weighted by atomic mass is 16.5. The number of ether oxygens (including phenoxy) is 1. The number of carbonyl (C=O) groups excluding carboxylic acids is 2. The van der Waals surface area contributed by atoms with Crippen LogP contribution in [0, 0.1) is 0 Å². The van der Waals surface area contributed by atoms with Crippen molar-refractivity contribution < 1.29 is 14.3 Å². The topological polar surface area (TPSA) is 61.9 Å². The fraction of sp³-hybridized carbons (Fsp3) is 0.875. The molecule has 2 heterocycles. The van der Waals surface area contributed by atoms with Crippen LogP contribution in [0.4, 0.5) is 0 Å². The van der Waals surface area contributed by atoms with Gasteiger partial charge in [0.1, 0.15) is 0 Å². The van der Waals surface area contributed by atoms with Gasteiger partial charge in [0, 0.05) is 45.8 Å². The van der Waals surface area contributed by atoms with Crippen molar-refractivity contribution in [2.24, 2.45) is 0 Å². The van der Waals surface area contributed by atoms with E-state index in [-0.39, 0.29) is 11.8 Å². The second-order valence-corrected chi connectivity index (χ2v) is 6.30. The lowest BCUT2D eigenvalue weighted by molar-refractivity contribution is -0.130. The monoisotopic (exact) mass is 311 g/mol. The molecule has 0 unspecified atom stereocenters. The van der Waals surface area contributed by atoms with Crippen LogP contribution >= 0.6 is 0 Å². The summed E-state index contributed by atoms with van der Waals surface area (Å²) in [7, 11) is 1.67. The summed E-state index contributed by atoms with van der Waals surface area (Å²) < 4.78 is 4.98. The fourth-order valence-corrected chi connectivity index (χ4v) is 3.75. The first kappa shape index (κ1) is 17.2. The van der Waals surface area contributed by atoms with E-state index in [4.69, 9.17) is 4.74 Å². The summed E-state index contributed by atoms with van der Waals surface area (Å²) in [6.07, 6.45) is 5.19. The van der Waals surface area contributed by atoms with E-state index < -0.39 is 0 Å². The average molecular weight is 311 g/mol. The molecule has 0 aromatic heterocycles. The third-order valence-electron chi connectivity index (χ3n) is 4.76. The Kier molecular flexibility index (Phi) is 6.64. The molecule has 2 rings (SSSR count). The van der Waals surface area contributed by atoms with Gasteiger partial charge in [-0.2, -0.15) is 0 Å². The quantitative estimate of drug-likeness (QED) is 0.700. The summed E-state index contributed by atoms with van der Waals surface area (Å²) >= 11 is 0. The van der Waals surface area contributed by atoms with Gasteiger partial charge in [-0.1, -0.05) is 0 Å². The maximum atomic E-state index is 12.1. The maximum Gasteiger partial charge on any atom is 0.234 e. The zero-order valence-electron chi connectivity index (χ0n) is 13.8. The van der Waals surface area contributed by atoms with Crippen molar-refractivity contribution in [2.75, 3.05) is 39.9 Å². The van der Waals surface area contributed by atoms with Gasteiger partial charge in [-0.05, 0) is 38.6 Å². The van der Waals surface area contributed by atoms with Crippen LogP contribution in [0.25, 0.3) is 0 Å². The lowest BCUT2D eigenvalue weighted by Crippen LogP contribution is -2.50. The molecule has 126 valence electrons. The summed E-state index contributed by atoms with van der Waals surface area (Å²) in [6, 6.07) is 0.636. The van der Waals surface area contributed by atoms with Crippen molar-refractivity contribution >= 4 is 11.8 Å². The smallest absolute Gasteiger partial charge is 0.234 e.